The number of amides is 1. The zero-order chi connectivity index (χ0) is 12.1. The molecule has 5 nitrogen and oxygen atoms in total. The number of nitrogens with zero attached hydrogens (tertiary/aromatic N) is 2. The van der Waals surface area contributed by atoms with Crippen LogP contribution in [0.25, 0.3) is 0 Å². The Morgan fingerprint density at radius 1 is 1.59 bits per heavy atom. The number of carbonyl (C=O) groups excluding carboxylic acids is 1. The molecule has 90 valence electrons. The quantitative estimate of drug-likeness (QED) is 0.860. The van der Waals surface area contributed by atoms with Crippen LogP contribution in [0.15, 0.2) is 39.7 Å². The Labute approximate surface area is 107 Å². The van der Waals surface area contributed by atoms with Gasteiger partial charge in [-0.2, -0.15) is 5.10 Å². The van der Waals surface area contributed by atoms with Crippen LogP contribution in [0.2, 0.25) is 0 Å². The summed E-state index contributed by atoms with van der Waals surface area (Å²) in [6.07, 6.45) is 5.93. The van der Waals surface area contributed by atoms with Gasteiger partial charge in [0.05, 0.1) is 10.7 Å². The van der Waals surface area contributed by atoms with E-state index in [4.69, 9.17) is 4.42 Å². The van der Waals surface area contributed by atoms with Crippen LogP contribution in [0.3, 0.4) is 0 Å². The zero-order valence-electron chi connectivity index (χ0n) is 9.10. The summed E-state index contributed by atoms with van der Waals surface area (Å²) in [5, 5.41) is 6.86. The van der Waals surface area contributed by atoms with Crippen molar-refractivity contribution < 1.29 is 9.21 Å². The molecule has 0 spiro atoms. The highest BCUT2D eigenvalue weighted by Crippen LogP contribution is 2.16. The van der Waals surface area contributed by atoms with E-state index < -0.39 is 0 Å². The third-order valence-electron chi connectivity index (χ3n) is 2.23. The van der Waals surface area contributed by atoms with Crippen molar-refractivity contribution in [3.8, 4) is 0 Å². The van der Waals surface area contributed by atoms with Crippen molar-refractivity contribution in [2.75, 3.05) is 6.54 Å². The lowest BCUT2D eigenvalue weighted by atomic mass is 10.4. The third-order valence-corrected chi connectivity index (χ3v) is 2.86. The van der Waals surface area contributed by atoms with Crippen LogP contribution in [-0.4, -0.2) is 22.2 Å². The van der Waals surface area contributed by atoms with Gasteiger partial charge >= 0.3 is 0 Å². The fourth-order valence-electron chi connectivity index (χ4n) is 1.41. The second kappa shape index (κ2) is 5.67. The van der Waals surface area contributed by atoms with Crippen LogP contribution in [0.5, 0.6) is 0 Å². The number of hydrogen-bond donors (Lipinski definition) is 1. The average molecular weight is 298 g/mol. The first-order valence-electron chi connectivity index (χ1n) is 5.26. The minimum atomic E-state index is -0.206. The largest absolute Gasteiger partial charge is 0.458 e. The number of carbonyl (C=O) groups is 1. The summed E-state index contributed by atoms with van der Waals surface area (Å²) in [6.45, 7) is 1.37. The summed E-state index contributed by atoms with van der Waals surface area (Å²) < 4.78 is 7.55. The van der Waals surface area contributed by atoms with Crippen molar-refractivity contribution in [1.29, 1.82) is 0 Å². The summed E-state index contributed by atoms with van der Waals surface area (Å²) in [6, 6.07) is 3.57. The molecule has 0 fully saturated rings. The zero-order valence-corrected chi connectivity index (χ0v) is 10.7. The second-order valence-corrected chi connectivity index (χ2v) is 4.33. The first-order valence-corrected chi connectivity index (χ1v) is 6.05. The molecule has 0 unspecified atom stereocenters. The van der Waals surface area contributed by atoms with Gasteiger partial charge in [0.2, 0.25) is 5.76 Å². The molecule has 6 heteroatoms. The highest BCUT2D eigenvalue weighted by molar-refractivity contribution is 9.10. The molecule has 1 N–H and O–H groups in total. The smallest absolute Gasteiger partial charge is 0.288 e. The van der Waals surface area contributed by atoms with Crippen LogP contribution in [0, 0.1) is 0 Å². The molecule has 2 aromatic heterocycles. The van der Waals surface area contributed by atoms with E-state index in [1.54, 1.807) is 12.3 Å². The Bertz CT molecular complexity index is 479. The van der Waals surface area contributed by atoms with Crippen LogP contribution < -0.4 is 5.32 Å². The standard InChI is InChI=1S/C11H12BrN3O2/c12-9-3-8-17-10(9)11(16)13-4-1-6-15-7-2-5-14-15/h2-3,5,7-8H,1,4,6H2,(H,13,16). The molecule has 17 heavy (non-hydrogen) atoms. The summed E-state index contributed by atoms with van der Waals surface area (Å²) in [5.41, 5.74) is 0. The van der Waals surface area contributed by atoms with Gasteiger partial charge in [0, 0.05) is 25.5 Å². The molecule has 0 aliphatic heterocycles. The molecule has 2 rings (SSSR count). The van der Waals surface area contributed by atoms with Gasteiger partial charge < -0.3 is 9.73 Å². The van der Waals surface area contributed by atoms with E-state index in [1.165, 1.54) is 6.26 Å². The summed E-state index contributed by atoms with van der Waals surface area (Å²) in [4.78, 5) is 11.6. The molecule has 0 aliphatic rings. The van der Waals surface area contributed by atoms with Gasteiger partial charge in [0.25, 0.3) is 5.91 Å². The molecule has 0 saturated heterocycles. The van der Waals surface area contributed by atoms with Gasteiger partial charge in [-0.1, -0.05) is 0 Å². The molecule has 0 aliphatic carbocycles. The summed E-state index contributed by atoms with van der Waals surface area (Å²) in [5.74, 6) is 0.103. The third kappa shape index (κ3) is 3.20. The minimum Gasteiger partial charge on any atom is -0.458 e. The first kappa shape index (κ1) is 11.9. The molecule has 0 aromatic carbocycles. The minimum absolute atomic E-state index is 0.206. The maximum absolute atomic E-state index is 11.6. The molecule has 0 atom stereocenters. The lowest BCUT2D eigenvalue weighted by molar-refractivity contribution is 0.0924. The maximum atomic E-state index is 11.6. The van der Waals surface area contributed by atoms with Crippen LogP contribution in [-0.2, 0) is 6.54 Å². The maximum Gasteiger partial charge on any atom is 0.288 e. The number of nitrogens with one attached hydrogen (secondary N) is 1. The highest BCUT2D eigenvalue weighted by Gasteiger charge is 2.12. The molecular weight excluding hydrogens is 286 g/mol. The predicted octanol–water partition coefficient (Wildman–Crippen LogP) is 2.06. The average Bonchev–Trinajstić information content (AvgIpc) is 2.95. The molecule has 0 radical (unpaired) electrons. The van der Waals surface area contributed by atoms with E-state index in [1.807, 2.05) is 16.9 Å². The Morgan fingerprint density at radius 2 is 2.47 bits per heavy atom. The van der Waals surface area contributed by atoms with Gasteiger partial charge in [-0.05, 0) is 34.5 Å². The van der Waals surface area contributed by atoms with E-state index >= 15 is 0 Å². The fraction of sp³-hybridized carbons (Fsp3) is 0.273. The van der Waals surface area contributed by atoms with Crippen molar-refractivity contribution >= 4 is 21.8 Å². The molecule has 1 amide bonds. The number of furan rings is 1. The van der Waals surface area contributed by atoms with E-state index in [-0.39, 0.29) is 5.91 Å². The molecule has 0 bridgehead atoms. The monoisotopic (exact) mass is 297 g/mol. The van der Waals surface area contributed by atoms with E-state index in [2.05, 4.69) is 26.3 Å². The highest BCUT2D eigenvalue weighted by atomic mass is 79.9. The van der Waals surface area contributed by atoms with Gasteiger partial charge in [0.15, 0.2) is 0 Å². The lowest BCUT2D eigenvalue weighted by Crippen LogP contribution is -2.25. The normalized spacial score (nSPS) is 10.4. The molecule has 2 heterocycles. The second-order valence-electron chi connectivity index (χ2n) is 3.48. The van der Waals surface area contributed by atoms with Crippen LogP contribution in [0.4, 0.5) is 0 Å². The summed E-state index contributed by atoms with van der Waals surface area (Å²) >= 11 is 3.24. The molecule has 0 saturated carbocycles. The topological polar surface area (TPSA) is 60.1 Å². The molecular formula is C11H12BrN3O2. The van der Waals surface area contributed by atoms with E-state index in [0.29, 0.717) is 16.8 Å². The summed E-state index contributed by atoms with van der Waals surface area (Å²) in [7, 11) is 0. The van der Waals surface area contributed by atoms with Gasteiger partial charge in [0.1, 0.15) is 0 Å². The van der Waals surface area contributed by atoms with Gasteiger partial charge in [-0.25, -0.2) is 0 Å². The number of aromatic nitrogens is 2. The van der Waals surface area contributed by atoms with E-state index in [0.717, 1.165) is 13.0 Å². The Balaban J connectivity index is 1.72. The van der Waals surface area contributed by atoms with E-state index in [9.17, 15) is 4.79 Å². The van der Waals surface area contributed by atoms with Crippen molar-refractivity contribution in [1.82, 2.24) is 15.1 Å². The number of halogens is 1. The number of rotatable bonds is 5. The first-order chi connectivity index (χ1) is 8.27. The Kier molecular flexibility index (Phi) is 3.98. The van der Waals surface area contributed by atoms with Crippen molar-refractivity contribution in [2.24, 2.45) is 0 Å². The lowest BCUT2D eigenvalue weighted by Gasteiger charge is -2.03. The van der Waals surface area contributed by atoms with Crippen LogP contribution >= 0.6 is 15.9 Å². The SMILES string of the molecule is O=C(NCCCn1cccn1)c1occc1Br. The van der Waals surface area contributed by atoms with Gasteiger partial charge in [-0.15, -0.1) is 0 Å². The number of aryl methyl sites for hydroxylation is 1. The fourth-order valence-corrected chi connectivity index (χ4v) is 1.79. The predicted molar refractivity (Wildman–Crippen MR) is 65.6 cm³/mol. The Hall–Kier alpha value is -1.56. The molecule has 2 aromatic rings. The van der Waals surface area contributed by atoms with Crippen LogP contribution in [0.1, 0.15) is 17.0 Å². The van der Waals surface area contributed by atoms with Crippen molar-refractivity contribution in [2.45, 2.75) is 13.0 Å². The van der Waals surface area contributed by atoms with Gasteiger partial charge in [-0.3, -0.25) is 9.48 Å². The van der Waals surface area contributed by atoms with Crippen molar-refractivity contribution in [3.63, 3.8) is 0 Å². The Morgan fingerprint density at radius 3 is 3.12 bits per heavy atom. The van der Waals surface area contributed by atoms with Crippen molar-refractivity contribution in [3.05, 3.63) is 41.0 Å². The number of hydrogen-bond acceptors (Lipinski definition) is 3.